The summed E-state index contributed by atoms with van der Waals surface area (Å²) in [5, 5.41) is 2.69. The fourth-order valence-corrected chi connectivity index (χ4v) is 4.97. The minimum atomic E-state index is -3.67. The number of benzene rings is 3. The smallest absolute Gasteiger partial charge is 0.258 e. The first kappa shape index (κ1) is 21.0. The van der Waals surface area contributed by atoms with Gasteiger partial charge in [-0.05, 0) is 66.1 Å². The molecule has 0 aromatic heterocycles. The van der Waals surface area contributed by atoms with Crippen LogP contribution >= 0.6 is 0 Å². The van der Waals surface area contributed by atoms with Crippen LogP contribution in [0.3, 0.4) is 0 Å². The lowest BCUT2D eigenvalue weighted by Crippen LogP contribution is -2.36. The maximum absolute atomic E-state index is 13.9. The molecule has 0 bridgehead atoms. The molecule has 0 radical (unpaired) electrons. The molecule has 0 spiro atoms. The molecule has 0 fully saturated rings. The molecule has 0 saturated heterocycles. The van der Waals surface area contributed by atoms with Gasteiger partial charge >= 0.3 is 0 Å². The topological polar surface area (TPSA) is 75.7 Å². The minimum Gasteiger partial charge on any atom is -0.497 e. The molecule has 0 aliphatic carbocycles. The van der Waals surface area contributed by atoms with Gasteiger partial charge < -0.3 is 10.1 Å². The highest BCUT2D eigenvalue weighted by atomic mass is 32.2. The number of fused-ring (bicyclic) bond motifs is 1. The Labute approximate surface area is 180 Å². The highest BCUT2D eigenvalue weighted by Crippen LogP contribution is 2.28. The van der Waals surface area contributed by atoms with Crippen molar-refractivity contribution in [2.24, 2.45) is 0 Å². The van der Waals surface area contributed by atoms with Crippen molar-refractivity contribution in [2.75, 3.05) is 19.0 Å². The summed E-state index contributed by atoms with van der Waals surface area (Å²) in [5.74, 6) is -0.579. The number of nitrogens with zero attached hydrogens (tertiary/aromatic N) is 1. The van der Waals surface area contributed by atoms with Gasteiger partial charge in [0.15, 0.2) is 0 Å². The Kier molecular flexibility index (Phi) is 5.75. The van der Waals surface area contributed by atoms with Crippen molar-refractivity contribution in [1.29, 1.82) is 0 Å². The van der Waals surface area contributed by atoms with Crippen molar-refractivity contribution in [3.05, 3.63) is 89.2 Å². The zero-order chi connectivity index (χ0) is 22.0. The Balaban J connectivity index is 1.54. The van der Waals surface area contributed by atoms with Gasteiger partial charge in [0.1, 0.15) is 11.6 Å². The van der Waals surface area contributed by atoms with Gasteiger partial charge in [-0.15, -0.1) is 0 Å². The molecule has 31 heavy (non-hydrogen) atoms. The largest absolute Gasteiger partial charge is 0.497 e. The molecule has 1 amide bonds. The summed E-state index contributed by atoms with van der Waals surface area (Å²) >= 11 is 0. The van der Waals surface area contributed by atoms with E-state index in [0.717, 1.165) is 11.1 Å². The van der Waals surface area contributed by atoms with Gasteiger partial charge in [-0.25, -0.2) is 12.8 Å². The summed E-state index contributed by atoms with van der Waals surface area (Å²) in [6.45, 7) is 0.551. The molecule has 0 unspecified atom stereocenters. The van der Waals surface area contributed by atoms with E-state index in [9.17, 15) is 17.6 Å². The summed E-state index contributed by atoms with van der Waals surface area (Å²) in [6.07, 6.45) is 0.562. The Hall–Kier alpha value is -3.23. The van der Waals surface area contributed by atoms with Crippen LogP contribution in [0.25, 0.3) is 0 Å². The number of rotatable bonds is 5. The number of carbonyl (C=O) groups is 1. The Morgan fingerprint density at radius 1 is 1.03 bits per heavy atom. The third-order valence-electron chi connectivity index (χ3n) is 5.26. The van der Waals surface area contributed by atoms with Crippen LogP contribution in [0.15, 0.2) is 71.6 Å². The molecular weight excluding hydrogens is 419 g/mol. The lowest BCUT2D eigenvalue weighted by Gasteiger charge is -2.28. The van der Waals surface area contributed by atoms with Crippen molar-refractivity contribution in [3.8, 4) is 5.75 Å². The molecule has 1 aliphatic heterocycles. The molecule has 0 atom stereocenters. The quantitative estimate of drug-likeness (QED) is 0.654. The molecule has 1 N–H and O–H groups in total. The molecule has 3 aromatic rings. The zero-order valence-electron chi connectivity index (χ0n) is 16.8. The summed E-state index contributed by atoms with van der Waals surface area (Å²) in [7, 11) is -2.15. The lowest BCUT2D eigenvalue weighted by molar-refractivity contribution is 0.102. The number of amides is 1. The first-order valence-corrected chi connectivity index (χ1v) is 11.1. The van der Waals surface area contributed by atoms with Crippen LogP contribution in [-0.4, -0.2) is 32.3 Å². The molecule has 4 rings (SSSR count). The average Bonchev–Trinajstić information content (AvgIpc) is 2.78. The van der Waals surface area contributed by atoms with Crippen molar-refractivity contribution >= 4 is 21.6 Å². The van der Waals surface area contributed by atoms with Crippen molar-refractivity contribution in [1.82, 2.24) is 4.31 Å². The lowest BCUT2D eigenvalue weighted by atomic mass is 10.0. The van der Waals surface area contributed by atoms with E-state index in [-0.39, 0.29) is 17.0 Å². The fourth-order valence-electron chi connectivity index (χ4n) is 3.55. The summed E-state index contributed by atoms with van der Waals surface area (Å²) in [6, 6.07) is 17.4. The molecule has 1 aliphatic rings. The van der Waals surface area contributed by atoms with Crippen LogP contribution in [0.4, 0.5) is 10.1 Å². The van der Waals surface area contributed by atoms with Crippen molar-refractivity contribution in [2.45, 2.75) is 17.9 Å². The highest BCUT2D eigenvalue weighted by molar-refractivity contribution is 7.89. The molecule has 6 nitrogen and oxygen atoms in total. The van der Waals surface area contributed by atoms with Crippen LogP contribution in [0.2, 0.25) is 0 Å². The standard InChI is InChI=1S/C23H21FN2O4S/c1-30-19-8-10-20(11-9-19)31(28,29)26-13-12-16-6-7-18(14-17(16)15-26)25-23(27)21-4-2-3-5-22(21)24/h2-11,14H,12-13,15H2,1H3,(H,25,27). The second-order valence-electron chi connectivity index (χ2n) is 7.18. The van der Waals surface area contributed by atoms with Gasteiger partial charge in [-0.3, -0.25) is 4.79 Å². The van der Waals surface area contributed by atoms with Crippen LogP contribution in [-0.2, 0) is 23.0 Å². The van der Waals surface area contributed by atoms with Gasteiger partial charge in [0.2, 0.25) is 10.0 Å². The van der Waals surface area contributed by atoms with Gasteiger partial charge in [0.25, 0.3) is 5.91 Å². The molecular formula is C23H21FN2O4S. The number of hydrogen-bond donors (Lipinski definition) is 1. The number of methoxy groups -OCH3 is 1. The number of halogens is 1. The summed E-state index contributed by atoms with van der Waals surface area (Å²) in [5.41, 5.74) is 2.25. The number of ether oxygens (including phenoxy) is 1. The SMILES string of the molecule is COc1ccc(S(=O)(=O)N2CCc3ccc(NC(=O)c4ccccc4F)cc3C2)cc1. The summed E-state index contributed by atoms with van der Waals surface area (Å²) < 4.78 is 46.5. The van der Waals surface area contributed by atoms with E-state index in [1.807, 2.05) is 6.07 Å². The first-order chi connectivity index (χ1) is 14.9. The van der Waals surface area contributed by atoms with Gasteiger partial charge in [-0.2, -0.15) is 4.31 Å². The van der Waals surface area contributed by atoms with Crippen LogP contribution in [0.5, 0.6) is 5.75 Å². The van der Waals surface area contributed by atoms with E-state index < -0.39 is 21.7 Å². The van der Waals surface area contributed by atoms with E-state index in [4.69, 9.17) is 4.74 Å². The number of hydrogen-bond acceptors (Lipinski definition) is 4. The predicted molar refractivity (Wildman–Crippen MR) is 115 cm³/mol. The summed E-state index contributed by atoms with van der Waals surface area (Å²) in [4.78, 5) is 12.6. The van der Waals surface area contributed by atoms with E-state index >= 15 is 0 Å². The third-order valence-corrected chi connectivity index (χ3v) is 7.12. The third kappa shape index (κ3) is 4.30. The van der Waals surface area contributed by atoms with E-state index in [1.54, 1.807) is 30.3 Å². The monoisotopic (exact) mass is 440 g/mol. The maximum atomic E-state index is 13.9. The van der Waals surface area contributed by atoms with Crippen molar-refractivity contribution in [3.63, 3.8) is 0 Å². The van der Waals surface area contributed by atoms with Gasteiger partial charge in [0, 0.05) is 18.8 Å². The fraction of sp³-hybridized carbons (Fsp3) is 0.174. The number of sulfonamides is 1. The number of anilines is 1. The van der Waals surface area contributed by atoms with Gasteiger partial charge in [-0.1, -0.05) is 18.2 Å². The predicted octanol–water partition coefficient (Wildman–Crippen LogP) is 3.83. The van der Waals surface area contributed by atoms with Crippen LogP contribution in [0, 0.1) is 5.82 Å². The Morgan fingerprint density at radius 2 is 1.77 bits per heavy atom. The van der Waals surface area contributed by atoms with Crippen LogP contribution < -0.4 is 10.1 Å². The van der Waals surface area contributed by atoms with Crippen molar-refractivity contribution < 1.29 is 22.3 Å². The molecule has 3 aromatic carbocycles. The normalized spacial score (nSPS) is 14.0. The number of nitrogens with one attached hydrogen (secondary N) is 1. The van der Waals surface area contributed by atoms with Crippen LogP contribution in [0.1, 0.15) is 21.5 Å². The zero-order valence-corrected chi connectivity index (χ0v) is 17.7. The second-order valence-corrected chi connectivity index (χ2v) is 9.12. The van der Waals surface area contributed by atoms with E-state index in [0.29, 0.717) is 24.4 Å². The number of carbonyl (C=O) groups excluding carboxylic acids is 1. The maximum Gasteiger partial charge on any atom is 0.258 e. The van der Waals surface area contributed by atoms with E-state index in [2.05, 4.69) is 5.32 Å². The van der Waals surface area contributed by atoms with Gasteiger partial charge in [0.05, 0.1) is 17.6 Å². The Bertz CT molecular complexity index is 1230. The first-order valence-electron chi connectivity index (χ1n) is 9.70. The Morgan fingerprint density at radius 3 is 2.48 bits per heavy atom. The molecule has 1 heterocycles. The molecule has 8 heteroatoms. The molecule has 160 valence electrons. The van der Waals surface area contributed by atoms with E-state index in [1.165, 1.54) is 41.7 Å². The highest BCUT2D eigenvalue weighted by Gasteiger charge is 2.28. The minimum absolute atomic E-state index is 0.0519. The second kappa shape index (κ2) is 8.49. The average molecular weight is 440 g/mol. The molecule has 0 saturated carbocycles.